The maximum absolute atomic E-state index is 5.63. The van der Waals surface area contributed by atoms with Gasteiger partial charge in [-0.2, -0.15) is 0 Å². The average molecular weight is 238 g/mol. The molecule has 2 atom stereocenters. The van der Waals surface area contributed by atoms with Gasteiger partial charge in [0.25, 0.3) is 0 Å². The third-order valence-corrected chi connectivity index (χ3v) is 3.00. The van der Waals surface area contributed by atoms with Crippen LogP contribution < -0.4 is 16.0 Å². The first-order valence-electron chi connectivity index (χ1n) is 5.82. The molecule has 4 nitrogen and oxygen atoms in total. The van der Waals surface area contributed by atoms with Gasteiger partial charge >= 0.3 is 0 Å². The highest BCUT2D eigenvalue weighted by Gasteiger charge is 2.17. The summed E-state index contributed by atoms with van der Waals surface area (Å²) in [5, 5.41) is 0. The van der Waals surface area contributed by atoms with Crippen LogP contribution in [0.25, 0.3) is 0 Å². The van der Waals surface area contributed by atoms with Crippen molar-refractivity contribution in [2.24, 2.45) is 11.8 Å². The van der Waals surface area contributed by atoms with Gasteiger partial charge in [-0.05, 0) is 30.0 Å². The Morgan fingerprint density at radius 2 is 1.88 bits per heavy atom. The van der Waals surface area contributed by atoms with E-state index in [-0.39, 0.29) is 6.04 Å². The minimum atomic E-state index is 0.135. The van der Waals surface area contributed by atoms with Crippen LogP contribution in [0.5, 0.6) is 5.75 Å². The second-order valence-corrected chi connectivity index (χ2v) is 4.18. The molecule has 4 heteroatoms. The summed E-state index contributed by atoms with van der Waals surface area (Å²) in [5.41, 5.74) is 4.03. The van der Waals surface area contributed by atoms with Gasteiger partial charge in [0.15, 0.2) is 0 Å². The molecule has 0 heterocycles. The van der Waals surface area contributed by atoms with Gasteiger partial charge in [0.1, 0.15) is 5.75 Å². The van der Waals surface area contributed by atoms with Crippen molar-refractivity contribution in [2.45, 2.75) is 19.4 Å². The van der Waals surface area contributed by atoms with Crippen LogP contribution in [0, 0.1) is 5.92 Å². The van der Waals surface area contributed by atoms with Crippen molar-refractivity contribution in [3.63, 3.8) is 0 Å². The smallest absolute Gasteiger partial charge is 0.118 e. The minimum Gasteiger partial charge on any atom is -0.497 e. The van der Waals surface area contributed by atoms with Gasteiger partial charge < -0.3 is 9.47 Å². The fourth-order valence-corrected chi connectivity index (χ4v) is 1.87. The molecule has 0 radical (unpaired) electrons. The monoisotopic (exact) mass is 238 g/mol. The molecule has 0 saturated carbocycles. The molecule has 0 aliphatic carbocycles. The Labute approximate surface area is 103 Å². The Balaban J connectivity index is 2.70. The van der Waals surface area contributed by atoms with Gasteiger partial charge in [-0.25, -0.2) is 0 Å². The summed E-state index contributed by atoms with van der Waals surface area (Å²) in [5.74, 6) is 6.89. The lowest BCUT2D eigenvalue weighted by molar-refractivity contribution is 0.170. The summed E-state index contributed by atoms with van der Waals surface area (Å²) < 4.78 is 10.2. The van der Waals surface area contributed by atoms with Gasteiger partial charge in [-0.3, -0.25) is 11.3 Å². The van der Waals surface area contributed by atoms with Crippen molar-refractivity contribution in [3.8, 4) is 5.75 Å². The third-order valence-electron chi connectivity index (χ3n) is 3.00. The van der Waals surface area contributed by atoms with E-state index in [4.69, 9.17) is 15.3 Å². The van der Waals surface area contributed by atoms with Crippen molar-refractivity contribution >= 4 is 0 Å². The van der Waals surface area contributed by atoms with E-state index in [2.05, 4.69) is 12.3 Å². The van der Waals surface area contributed by atoms with Crippen LogP contribution in [0.4, 0.5) is 0 Å². The highest BCUT2D eigenvalue weighted by Crippen LogP contribution is 2.25. The van der Waals surface area contributed by atoms with E-state index in [1.54, 1.807) is 14.2 Å². The first-order valence-corrected chi connectivity index (χ1v) is 5.82. The number of nitrogens with one attached hydrogen (secondary N) is 1. The molecule has 1 aromatic carbocycles. The Bertz CT molecular complexity index is 314. The fraction of sp³-hybridized carbons (Fsp3) is 0.538. The number of ether oxygens (including phenoxy) is 2. The fourth-order valence-electron chi connectivity index (χ4n) is 1.87. The van der Waals surface area contributed by atoms with Crippen LogP contribution in [-0.2, 0) is 4.74 Å². The second-order valence-electron chi connectivity index (χ2n) is 4.18. The highest BCUT2D eigenvalue weighted by molar-refractivity contribution is 5.29. The quantitative estimate of drug-likeness (QED) is 0.562. The van der Waals surface area contributed by atoms with E-state index in [1.165, 1.54) is 0 Å². The van der Waals surface area contributed by atoms with Crippen LogP contribution >= 0.6 is 0 Å². The average Bonchev–Trinajstić information content (AvgIpc) is 2.38. The third kappa shape index (κ3) is 4.00. The van der Waals surface area contributed by atoms with E-state index in [0.29, 0.717) is 5.92 Å². The zero-order chi connectivity index (χ0) is 12.7. The van der Waals surface area contributed by atoms with E-state index >= 15 is 0 Å². The van der Waals surface area contributed by atoms with Crippen LogP contribution in [0.15, 0.2) is 24.3 Å². The molecular weight excluding hydrogens is 216 g/mol. The minimum absolute atomic E-state index is 0.135. The molecule has 2 unspecified atom stereocenters. The van der Waals surface area contributed by atoms with Crippen molar-refractivity contribution in [3.05, 3.63) is 29.8 Å². The maximum Gasteiger partial charge on any atom is 0.118 e. The lowest BCUT2D eigenvalue weighted by atomic mass is 9.92. The molecule has 0 saturated heterocycles. The molecule has 96 valence electrons. The standard InChI is InChI=1S/C13H22N2O2/c1-10(8-9-16-2)13(15-14)11-4-6-12(17-3)7-5-11/h4-7,10,13,15H,8-9,14H2,1-3H3. The van der Waals surface area contributed by atoms with Crippen LogP contribution in [-0.4, -0.2) is 20.8 Å². The van der Waals surface area contributed by atoms with Crippen molar-refractivity contribution < 1.29 is 9.47 Å². The number of hydrogen-bond donors (Lipinski definition) is 2. The molecule has 0 bridgehead atoms. The van der Waals surface area contributed by atoms with Gasteiger partial charge in [0.05, 0.1) is 7.11 Å². The zero-order valence-corrected chi connectivity index (χ0v) is 10.8. The number of rotatable bonds is 7. The molecule has 1 rings (SSSR count). The topological polar surface area (TPSA) is 56.5 Å². The molecule has 0 spiro atoms. The molecule has 0 aromatic heterocycles. The Morgan fingerprint density at radius 1 is 1.24 bits per heavy atom. The van der Waals surface area contributed by atoms with Gasteiger partial charge in [0, 0.05) is 19.8 Å². The summed E-state index contributed by atoms with van der Waals surface area (Å²) in [4.78, 5) is 0. The first-order chi connectivity index (χ1) is 8.22. The van der Waals surface area contributed by atoms with Crippen molar-refractivity contribution in [1.82, 2.24) is 5.43 Å². The summed E-state index contributed by atoms with van der Waals surface area (Å²) >= 11 is 0. The number of hydrogen-bond acceptors (Lipinski definition) is 4. The van der Waals surface area contributed by atoms with E-state index < -0.39 is 0 Å². The number of nitrogens with two attached hydrogens (primary N) is 1. The summed E-state index contributed by atoms with van der Waals surface area (Å²) in [6, 6.07) is 8.10. The summed E-state index contributed by atoms with van der Waals surface area (Å²) in [6.07, 6.45) is 0.970. The number of methoxy groups -OCH3 is 2. The summed E-state index contributed by atoms with van der Waals surface area (Å²) in [7, 11) is 3.37. The molecule has 0 fully saturated rings. The number of benzene rings is 1. The summed E-state index contributed by atoms with van der Waals surface area (Å²) in [6.45, 7) is 2.91. The molecular formula is C13H22N2O2. The Hall–Kier alpha value is -1.10. The van der Waals surface area contributed by atoms with Gasteiger partial charge in [-0.1, -0.05) is 19.1 Å². The molecule has 17 heavy (non-hydrogen) atoms. The van der Waals surface area contributed by atoms with Gasteiger partial charge in [0.2, 0.25) is 0 Å². The first kappa shape index (κ1) is 14.0. The zero-order valence-electron chi connectivity index (χ0n) is 10.8. The molecule has 0 aliphatic rings. The predicted molar refractivity (Wildman–Crippen MR) is 68.7 cm³/mol. The van der Waals surface area contributed by atoms with Crippen LogP contribution in [0.3, 0.4) is 0 Å². The SMILES string of the molecule is COCCC(C)C(NN)c1ccc(OC)cc1. The predicted octanol–water partition coefficient (Wildman–Crippen LogP) is 1.87. The van der Waals surface area contributed by atoms with E-state index in [0.717, 1.165) is 24.3 Å². The normalized spacial score (nSPS) is 14.4. The van der Waals surface area contributed by atoms with E-state index in [9.17, 15) is 0 Å². The number of hydrazine groups is 1. The van der Waals surface area contributed by atoms with Crippen LogP contribution in [0.2, 0.25) is 0 Å². The molecule has 0 aliphatic heterocycles. The molecule has 1 aromatic rings. The highest BCUT2D eigenvalue weighted by atomic mass is 16.5. The Kier molecular flexibility index (Phi) is 5.97. The lowest BCUT2D eigenvalue weighted by Crippen LogP contribution is -2.33. The Morgan fingerprint density at radius 3 is 2.35 bits per heavy atom. The van der Waals surface area contributed by atoms with Crippen molar-refractivity contribution in [1.29, 1.82) is 0 Å². The van der Waals surface area contributed by atoms with Crippen LogP contribution in [0.1, 0.15) is 24.9 Å². The second kappa shape index (κ2) is 7.27. The van der Waals surface area contributed by atoms with E-state index in [1.807, 2.05) is 24.3 Å². The maximum atomic E-state index is 5.63. The lowest BCUT2D eigenvalue weighted by Gasteiger charge is -2.23. The van der Waals surface area contributed by atoms with Crippen molar-refractivity contribution in [2.75, 3.05) is 20.8 Å². The largest absolute Gasteiger partial charge is 0.497 e. The molecule has 3 N–H and O–H groups in total. The van der Waals surface area contributed by atoms with Gasteiger partial charge in [-0.15, -0.1) is 0 Å². The molecule has 0 amide bonds.